The molecule has 94 valence electrons. The third kappa shape index (κ3) is 6.56. The zero-order valence-corrected chi connectivity index (χ0v) is 11.3. The Balaban J connectivity index is 2.14. The maximum absolute atomic E-state index is 11.4. The van der Waals surface area contributed by atoms with Crippen LogP contribution < -0.4 is 5.32 Å². The molecule has 1 rings (SSSR count). The largest absolute Gasteiger partial charge is 0.383 e. The minimum absolute atomic E-state index is 0.0426. The van der Waals surface area contributed by atoms with E-state index >= 15 is 0 Å². The molecule has 17 heavy (non-hydrogen) atoms. The van der Waals surface area contributed by atoms with Crippen molar-refractivity contribution in [2.24, 2.45) is 0 Å². The fourth-order valence-corrected chi connectivity index (χ4v) is 2.13. The van der Waals surface area contributed by atoms with Gasteiger partial charge in [-0.05, 0) is 17.7 Å². The van der Waals surface area contributed by atoms with E-state index in [2.05, 4.69) is 5.32 Å². The summed E-state index contributed by atoms with van der Waals surface area (Å²) < 4.78 is 4.84. The average Bonchev–Trinajstić information content (AvgIpc) is 2.32. The quantitative estimate of drug-likeness (QED) is 0.775. The van der Waals surface area contributed by atoms with Gasteiger partial charge in [0.1, 0.15) is 0 Å². The number of carbonyl (C=O) groups is 1. The van der Waals surface area contributed by atoms with Gasteiger partial charge in [-0.15, -0.1) is 11.8 Å². The summed E-state index contributed by atoms with van der Waals surface area (Å²) in [6, 6.07) is 7.66. The van der Waals surface area contributed by atoms with Gasteiger partial charge >= 0.3 is 0 Å². The number of nitrogens with one attached hydrogen (secondary N) is 1. The number of rotatable bonds is 7. The van der Waals surface area contributed by atoms with E-state index in [4.69, 9.17) is 16.3 Å². The minimum atomic E-state index is 0.0426. The van der Waals surface area contributed by atoms with Crippen molar-refractivity contribution in [1.29, 1.82) is 0 Å². The number of hydrogen-bond donors (Lipinski definition) is 1. The fourth-order valence-electron chi connectivity index (χ4n) is 1.19. The highest BCUT2D eigenvalue weighted by molar-refractivity contribution is 7.99. The predicted molar refractivity (Wildman–Crippen MR) is 72.5 cm³/mol. The van der Waals surface area contributed by atoms with Crippen LogP contribution in [0.4, 0.5) is 0 Å². The molecule has 1 aromatic rings. The molecule has 5 heteroatoms. The van der Waals surface area contributed by atoms with E-state index in [0.29, 0.717) is 18.9 Å². The molecule has 0 atom stereocenters. The van der Waals surface area contributed by atoms with Gasteiger partial charge in [0.15, 0.2) is 0 Å². The summed E-state index contributed by atoms with van der Waals surface area (Å²) in [6.07, 6.45) is 0. The topological polar surface area (TPSA) is 38.3 Å². The first-order chi connectivity index (χ1) is 8.22. The lowest BCUT2D eigenvalue weighted by Crippen LogP contribution is -2.28. The SMILES string of the molecule is COCCNC(=O)CSCc1ccc(Cl)cc1. The third-order valence-electron chi connectivity index (χ3n) is 2.04. The van der Waals surface area contributed by atoms with Crippen molar-refractivity contribution in [2.45, 2.75) is 5.75 Å². The van der Waals surface area contributed by atoms with Gasteiger partial charge in [0.2, 0.25) is 5.91 Å². The smallest absolute Gasteiger partial charge is 0.230 e. The van der Waals surface area contributed by atoms with Crippen molar-refractivity contribution in [3.8, 4) is 0 Å². The van der Waals surface area contributed by atoms with E-state index in [-0.39, 0.29) is 5.91 Å². The number of ether oxygens (including phenoxy) is 1. The Kier molecular flexibility index (Phi) is 7.08. The Labute approximate surface area is 111 Å². The lowest BCUT2D eigenvalue weighted by atomic mass is 10.2. The standard InChI is InChI=1S/C12H16ClNO2S/c1-16-7-6-14-12(15)9-17-8-10-2-4-11(13)5-3-10/h2-5H,6-9H2,1H3,(H,14,15). The van der Waals surface area contributed by atoms with Crippen LogP contribution >= 0.6 is 23.4 Å². The van der Waals surface area contributed by atoms with Gasteiger partial charge in [0, 0.05) is 24.4 Å². The van der Waals surface area contributed by atoms with Crippen LogP contribution in [0.1, 0.15) is 5.56 Å². The zero-order valence-electron chi connectivity index (χ0n) is 9.74. The van der Waals surface area contributed by atoms with Crippen molar-refractivity contribution in [3.63, 3.8) is 0 Å². The molecule has 1 amide bonds. The molecule has 0 aliphatic rings. The van der Waals surface area contributed by atoms with Gasteiger partial charge in [-0.2, -0.15) is 0 Å². The number of halogens is 1. The third-order valence-corrected chi connectivity index (χ3v) is 3.30. The highest BCUT2D eigenvalue weighted by Gasteiger charge is 2.01. The zero-order chi connectivity index (χ0) is 12.5. The predicted octanol–water partition coefficient (Wildman–Crippen LogP) is 2.34. The highest BCUT2D eigenvalue weighted by Crippen LogP contribution is 2.15. The van der Waals surface area contributed by atoms with Crippen LogP contribution in [0.25, 0.3) is 0 Å². The molecule has 0 saturated heterocycles. The Morgan fingerprint density at radius 3 is 2.76 bits per heavy atom. The van der Waals surface area contributed by atoms with Crippen molar-refractivity contribution in [3.05, 3.63) is 34.9 Å². The monoisotopic (exact) mass is 273 g/mol. The van der Waals surface area contributed by atoms with E-state index < -0.39 is 0 Å². The highest BCUT2D eigenvalue weighted by atomic mass is 35.5. The summed E-state index contributed by atoms with van der Waals surface area (Å²) in [7, 11) is 1.61. The molecular formula is C12H16ClNO2S. The second-order valence-corrected chi connectivity index (χ2v) is 4.88. The molecule has 1 N–H and O–H groups in total. The Bertz CT molecular complexity index is 343. The van der Waals surface area contributed by atoms with E-state index in [0.717, 1.165) is 10.8 Å². The van der Waals surface area contributed by atoms with Gasteiger partial charge in [0.25, 0.3) is 0 Å². The summed E-state index contributed by atoms with van der Waals surface area (Å²) in [5.74, 6) is 1.32. The lowest BCUT2D eigenvalue weighted by Gasteiger charge is -2.04. The van der Waals surface area contributed by atoms with Gasteiger partial charge in [-0.3, -0.25) is 4.79 Å². The molecule has 0 unspecified atom stereocenters. The van der Waals surface area contributed by atoms with Gasteiger partial charge in [-0.1, -0.05) is 23.7 Å². The van der Waals surface area contributed by atoms with Crippen LogP contribution in [0.3, 0.4) is 0 Å². The van der Waals surface area contributed by atoms with Crippen LogP contribution in [0.5, 0.6) is 0 Å². The van der Waals surface area contributed by atoms with Crippen molar-refractivity contribution in [1.82, 2.24) is 5.32 Å². The van der Waals surface area contributed by atoms with Crippen molar-refractivity contribution < 1.29 is 9.53 Å². The molecule has 0 aliphatic carbocycles. The van der Waals surface area contributed by atoms with Crippen LogP contribution in [-0.4, -0.2) is 31.9 Å². The van der Waals surface area contributed by atoms with E-state index in [1.54, 1.807) is 18.9 Å². The molecular weight excluding hydrogens is 258 g/mol. The lowest BCUT2D eigenvalue weighted by molar-refractivity contribution is -0.118. The Morgan fingerprint density at radius 1 is 1.41 bits per heavy atom. The van der Waals surface area contributed by atoms with E-state index in [1.807, 2.05) is 24.3 Å². The summed E-state index contributed by atoms with van der Waals surface area (Å²) in [5, 5.41) is 3.51. The number of thioether (sulfide) groups is 1. The van der Waals surface area contributed by atoms with Crippen molar-refractivity contribution in [2.75, 3.05) is 26.0 Å². The summed E-state index contributed by atoms with van der Waals surface area (Å²) >= 11 is 7.37. The summed E-state index contributed by atoms with van der Waals surface area (Å²) in [6.45, 7) is 1.12. The molecule has 0 bridgehead atoms. The minimum Gasteiger partial charge on any atom is -0.383 e. The number of hydrogen-bond acceptors (Lipinski definition) is 3. The first-order valence-corrected chi connectivity index (χ1v) is 6.83. The molecule has 0 radical (unpaired) electrons. The molecule has 0 fully saturated rings. The van der Waals surface area contributed by atoms with Crippen molar-refractivity contribution >= 4 is 29.3 Å². The second-order valence-electron chi connectivity index (χ2n) is 3.46. The van der Waals surface area contributed by atoms with Crippen LogP contribution in [0, 0.1) is 0 Å². The van der Waals surface area contributed by atoms with Gasteiger partial charge < -0.3 is 10.1 Å². The van der Waals surface area contributed by atoms with E-state index in [9.17, 15) is 4.79 Å². The maximum atomic E-state index is 11.4. The Hall–Kier alpha value is -0.710. The normalized spacial score (nSPS) is 10.2. The molecule has 0 aromatic heterocycles. The second kappa shape index (κ2) is 8.39. The molecule has 0 aliphatic heterocycles. The number of benzene rings is 1. The van der Waals surface area contributed by atoms with Crippen LogP contribution in [-0.2, 0) is 15.3 Å². The number of methoxy groups -OCH3 is 1. The fraction of sp³-hybridized carbons (Fsp3) is 0.417. The molecule has 0 saturated carbocycles. The first-order valence-electron chi connectivity index (χ1n) is 5.30. The van der Waals surface area contributed by atoms with E-state index in [1.165, 1.54) is 5.56 Å². The molecule has 0 spiro atoms. The summed E-state index contributed by atoms with van der Waals surface area (Å²) in [5.41, 5.74) is 1.17. The summed E-state index contributed by atoms with van der Waals surface area (Å²) in [4.78, 5) is 11.4. The van der Waals surface area contributed by atoms with Gasteiger partial charge in [-0.25, -0.2) is 0 Å². The molecule has 0 heterocycles. The van der Waals surface area contributed by atoms with Crippen LogP contribution in [0.2, 0.25) is 5.02 Å². The molecule has 3 nitrogen and oxygen atoms in total. The van der Waals surface area contributed by atoms with Crippen LogP contribution in [0.15, 0.2) is 24.3 Å². The number of amides is 1. The Morgan fingerprint density at radius 2 is 2.12 bits per heavy atom. The molecule has 1 aromatic carbocycles. The van der Waals surface area contributed by atoms with Gasteiger partial charge in [0.05, 0.1) is 12.4 Å². The average molecular weight is 274 g/mol. The first kappa shape index (κ1) is 14.4. The maximum Gasteiger partial charge on any atom is 0.230 e. The number of carbonyl (C=O) groups excluding carboxylic acids is 1.